The number of hydrogen-bond acceptors (Lipinski definition) is 6. The number of carbonyl (C=O) groups is 2. The summed E-state index contributed by atoms with van der Waals surface area (Å²) in [5, 5.41) is 8.38. The minimum absolute atomic E-state index is 0.158. The van der Waals surface area contributed by atoms with Gasteiger partial charge in [-0.15, -0.1) is 0 Å². The van der Waals surface area contributed by atoms with Crippen molar-refractivity contribution in [2.45, 2.75) is 33.2 Å². The molecule has 0 radical (unpaired) electrons. The maximum atomic E-state index is 11.2. The van der Waals surface area contributed by atoms with E-state index in [4.69, 9.17) is 23.1 Å². The second-order valence-electron chi connectivity index (χ2n) is 3.92. The molecule has 0 unspecified atom stereocenters. The normalized spacial score (nSPS) is 11.8. The van der Waals surface area contributed by atoms with Crippen molar-refractivity contribution in [2.75, 3.05) is 26.4 Å². The van der Waals surface area contributed by atoms with Crippen LogP contribution in [0, 0.1) is 0 Å². The molecule has 0 heterocycles. The van der Waals surface area contributed by atoms with Gasteiger partial charge < -0.3 is 23.1 Å². The maximum absolute atomic E-state index is 11.2. The molecule has 0 fully saturated rings. The van der Waals surface area contributed by atoms with E-state index in [0.717, 1.165) is 12.2 Å². The Morgan fingerprint density at radius 2 is 1.52 bits per heavy atom. The van der Waals surface area contributed by atoms with Gasteiger partial charge in [0.05, 0.1) is 6.61 Å². The molecular weight excluding hydrogens is 296 g/mol. The summed E-state index contributed by atoms with van der Waals surface area (Å²) in [5.41, 5.74) is 0. The first-order valence-corrected chi connectivity index (χ1v) is 8.92. The summed E-state index contributed by atoms with van der Waals surface area (Å²) in [5.74, 6) is -1.88. The van der Waals surface area contributed by atoms with E-state index < -0.39 is 20.7 Å². The Bertz CT molecular complexity index is 326. The summed E-state index contributed by atoms with van der Waals surface area (Å²) >= 11 is 0. The first-order chi connectivity index (χ1) is 9.99. The topological polar surface area (TPSA) is 91.3 Å². The van der Waals surface area contributed by atoms with E-state index in [1.165, 1.54) is 0 Å². The van der Waals surface area contributed by atoms with Crippen molar-refractivity contribution in [1.29, 1.82) is 0 Å². The highest BCUT2D eigenvalue weighted by molar-refractivity contribution is 6.60. The van der Waals surface area contributed by atoms with Crippen molar-refractivity contribution in [3.05, 3.63) is 12.2 Å². The lowest BCUT2D eigenvalue weighted by Gasteiger charge is -2.28. The predicted octanol–water partition coefficient (Wildman–Crippen LogP) is 1.61. The SMILES string of the molecule is CCO[Si](CCCOC(=O)/C=C/C(=O)O)(OCC)OCC. The number of esters is 1. The van der Waals surface area contributed by atoms with Gasteiger partial charge in [0.2, 0.25) is 0 Å². The second kappa shape index (κ2) is 11.4. The van der Waals surface area contributed by atoms with Crippen molar-refractivity contribution in [2.24, 2.45) is 0 Å². The Hall–Kier alpha value is -1.22. The Kier molecular flexibility index (Phi) is 10.8. The minimum Gasteiger partial charge on any atom is -0.478 e. The fraction of sp³-hybridized carbons (Fsp3) is 0.692. The summed E-state index contributed by atoms with van der Waals surface area (Å²) in [6, 6.07) is 0.540. The summed E-state index contributed by atoms with van der Waals surface area (Å²) in [4.78, 5) is 21.4. The number of rotatable bonds is 12. The molecule has 0 rings (SSSR count). The van der Waals surface area contributed by atoms with Gasteiger partial charge in [0.25, 0.3) is 0 Å². The van der Waals surface area contributed by atoms with E-state index in [1.54, 1.807) is 0 Å². The van der Waals surface area contributed by atoms with Crippen LogP contribution < -0.4 is 0 Å². The molecule has 0 aromatic rings. The average molecular weight is 320 g/mol. The molecule has 1 N–H and O–H groups in total. The number of aliphatic carboxylic acids is 1. The molecule has 0 bridgehead atoms. The number of ether oxygens (including phenoxy) is 1. The maximum Gasteiger partial charge on any atom is 0.501 e. The van der Waals surface area contributed by atoms with Crippen molar-refractivity contribution >= 4 is 20.7 Å². The number of hydrogen-bond donors (Lipinski definition) is 1. The lowest BCUT2D eigenvalue weighted by molar-refractivity contribution is -0.138. The van der Waals surface area contributed by atoms with E-state index in [-0.39, 0.29) is 6.61 Å². The molecule has 0 spiro atoms. The largest absolute Gasteiger partial charge is 0.501 e. The van der Waals surface area contributed by atoms with Gasteiger partial charge in [-0.05, 0) is 27.2 Å². The van der Waals surface area contributed by atoms with Crippen LogP contribution in [0.2, 0.25) is 6.04 Å². The molecule has 21 heavy (non-hydrogen) atoms. The summed E-state index contributed by atoms with van der Waals surface area (Å²) in [7, 11) is -2.71. The van der Waals surface area contributed by atoms with Gasteiger partial charge in [0.1, 0.15) is 0 Å². The van der Waals surface area contributed by atoms with E-state index in [9.17, 15) is 9.59 Å². The minimum atomic E-state index is -2.71. The van der Waals surface area contributed by atoms with Gasteiger partial charge in [0.15, 0.2) is 0 Å². The fourth-order valence-electron chi connectivity index (χ4n) is 1.65. The van der Waals surface area contributed by atoms with Gasteiger partial charge in [0, 0.05) is 38.0 Å². The van der Waals surface area contributed by atoms with Crippen LogP contribution in [0.25, 0.3) is 0 Å². The Balaban J connectivity index is 4.23. The summed E-state index contributed by atoms with van der Waals surface area (Å²) in [6.45, 7) is 7.25. The molecule has 0 atom stereocenters. The van der Waals surface area contributed by atoms with Crippen LogP contribution in [0.5, 0.6) is 0 Å². The van der Waals surface area contributed by atoms with Crippen molar-refractivity contribution in [3.63, 3.8) is 0 Å². The van der Waals surface area contributed by atoms with Crippen LogP contribution in [0.1, 0.15) is 27.2 Å². The third-order valence-electron chi connectivity index (χ3n) is 2.33. The lowest BCUT2D eigenvalue weighted by atomic mass is 10.5. The summed E-state index contributed by atoms with van der Waals surface area (Å²) in [6.07, 6.45) is 2.14. The van der Waals surface area contributed by atoms with Crippen LogP contribution in [0.4, 0.5) is 0 Å². The molecule has 0 aliphatic carbocycles. The molecule has 8 heteroatoms. The fourth-order valence-corrected chi connectivity index (χ4v) is 4.23. The molecule has 7 nitrogen and oxygen atoms in total. The van der Waals surface area contributed by atoms with Crippen LogP contribution in [-0.4, -0.2) is 52.3 Å². The first-order valence-electron chi connectivity index (χ1n) is 6.99. The number of carbonyl (C=O) groups excluding carboxylic acids is 1. The predicted molar refractivity (Wildman–Crippen MR) is 77.8 cm³/mol. The molecule has 0 aliphatic heterocycles. The molecule has 122 valence electrons. The molecule has 0 aromatic carbocycles. The van der Waals surface area contributed by atoms with Crippen LogP contribution >= 0.6 is 0 Å². The molecule has 0 amide bonds. The highest BCUT2D eigenvalue weighted by atomic mass is 28.4. The smallest absolute Gasteiger partial charge is 0.478 e. The Morgan fingerprint density at radius 3 is 1.95 bits per heavy atom. The standard InChI is InChI=1S/C13H24O7Si/c1-4-18-21(19-5-2,20-6-3)11-7-10-17-13(16)9-8-12(14)15/h8-9H,4-7,10-11H2,1-3H3,(H,14,15)/b9-8+. The van der Waals surface area contributed by atoms with Gasteiger partial charge >= 0.3 is 20.7 Å². The zero-order valence-corrected chi connectivity index (χ0v) is 13.8. The Morgan fingerprint density at radius 1 is 1.00 bits per heavy atom. The van der Waals surface area contributed by atoms with Crippen molar-refractivity contribution in [3.8, 4) is 0 Å². The number of carboxylic acid groups (broad SMARTS) is 1. The van der Waals surface area contributed by atoms with Crippen molar-refractivity contribution < 1.29 is 32.7 Å². The van der Waals surface area contributed by atoms with Gasteiger partial charge in [-0.1, -0.05) is 0 Å². The second-order valence-corrected chi connectivity index (χ2v) is 6.66. The van der Waals surface area contributed by atoms with Crippen molar-refractivity contribution in [1.82, 2.24) is 0 Å². The molecule has 0 saturated carbocycles. The van der Waals surface area contributed by atoms with Crippen LogP contribution in [0.15, 0.2) is 12.2 Å². The Labute approximate surface area is 126 Å². The summed E-state index contributed by atoms with van der Waals surface area (Å²) < 4.78 is 21.9. The highest BCUT2D eigenvalue weighted by Gasteiger charge is 2.39. The average Bonchev–Trinajstić information content (AvgIpc) is 2.42. The zero-order chi connectivity index (χ0) is 16.1. The van der Waals surface area contributed by atoms with E-state index in [0.29, 0.717) is 32.3 Å². The quantitative estimate of drug-likeness (QED) is 0.253. The first kappa shape index (κ1) is 19.8. The van der Waals surface area contributed by atoms with Crippen LogP contribution in [-0.2, 0) is 27.6 Å². The zero-order valence-electron chi connectivity index (χ0n) is 12.8. The van der Waals surface area contributed by atoms with Crippen LogP contribution in [0.3, 0.4) is 0 Å². The monoisotopic (exact) mass is 320 g/mol. The molecule has 0 saturated heterocycles. The van der Waals surface area contributed by atoms with E-state index in [2.05, 4.69) is 0 Å². The highest BCUT2D eigenvalue weighted by Crippen LogP contribution is 2.18. The molecule has 0 aliphatic rings. The van der Waals surface area contributed by atoms with E-state index >= 15 is 0 Å². The van der Waals surface area contributed by atoms with Gasteiger partial charge in [-0.3, -0.25) is 0 Å². The third-order valence-corrected chi connectivity index (χ3v) is 5.48. The molecule has 0 aromatic heterocycles. The molecular formula is C13H24O7Si. The van der Waals surface area contributed by atoms with Gasteiger partial charge in [-0.25, -0.2) is 9.59 Å². The third kappa shape index (κ3) is 9.35. The number of carboxylic acids is 1. The van der Waals surface area contributed by atoms with E-state index in [1.807, 2.05) is 20.8 Å². The van der Waals surface area contributed by atoms with Gasteiger partial charge in [-0.2, -0.15) is 0 Å². The lowest BCUT2D eigenvalue weighted by Crippen LogP contribution is -2.46.